The second-order valence-electron chi connectivity index (χ2n) is 7.54. The summed E-state index contributed by atoms with van der Waals surface area (Å²) in [6.45, 7) is 0. The first kappa shape index (κ1) is 21.9. The molecule has 0 bridgehead atoms. The molecule has 2 aromatic heterocycles. The van der Waals surface area contributed by atoms with Crippen LogP contribution in [-0.2, 0) is 5.75 Å². The maximum Gasteiger partial charge on any atom is 0.283 e. The molecule has 2 heterocycles. The minimum atomic E-state index is -0.916. The Morgan fingerprint density at radius 3 is 2.53 bits per heavy atom. The molecule has 0 spiro atoms. The molecule has 0 fully saturated rings. The fourth-order valence-electron chi connectivity index (χ4n) is 3.78. The van der Waals surface area contributed by atoms with Gasteiger partial charge in [0.05, 0.1) is 12.8 Å². The molecule has 0 aliphatic rings. The smallest absolute Gasteiger partial charge is 0.283 e. The topological polar surface area (TPSA) is 59.9 Å². The maximum absolute atomic E-state index is 13.7. The minimum Gasteiger partial charge on any atom is -0.495 e. The number of para-hydroxylation sites is 2. The summed E-state index contributed by atoms with van der Waals surface area (Å²) in [5.74, 6) is -1.02. The number of halogens is 2. The molecule has 0 aliphatic carbocycles. The molecular weight excluding hydrogens is 456 g/mol. The third kappa shape index (κ3) is 3.97. The average molecular weight is 476 g/mol. The van der Waals surface area contributed by atoms with Crippen LogP contribution < -0.4 is 10.3 Å². The van der Waals surface area contributed by atoms with Gasteiger partial charge in [0.2, 0.25) is 0 Å². The molecule has 170 valence electrons. The Hall–Kier alpha value is -3.91. The number of ether oxygens (including phenoxy) is 1. The molecule has 8 heteroatoms. The Kier molecular flexibility index (Phi) is 5.90. The zero-order valence-electron chi connectivity index (χ0n) is 18.1. The fourth-order valence-corrected chi connectivity index (χ4v) is 4.72. The lowest BCUT2D eigenvalue weighted by molar-refractivity contribution is 0.411. The molecule has 0 radical (unpaired) electrons. The molecule has 34 heavy (non-hydrogen) atoms. The van der Waals surface area contributed by atoms with Gasteiger partial charge in [-0.05, 0) is 35.4 Å². The summed E-state index contributed by atoms with van der Waals surface area (Å²) < 4.78 is 34.1. The van der Waals surface area contributed by atoms with Gasteiger partial charge in [-0.2, -0.15) is 0 Å². The third-order valence-electron chi connectivity index (χ3n) is 5.43. The van der Waals surface area contributed by atoms with Crippen LogP contribution in [0, 0.1) is 11.6 Å². The molecule has 0 unspecified atom stereocenters. The Balaban J connectivity index is 1.69. The van der Waals surface area contributed by atoms with Crippen LogP contribution in [0.3, 0.4) is 0 Å². The van der Waals surface area contributed by atoms with Gasteiger partial charge in [-0.25, -0.2) is 18.3 Å². The van der Waals surface area contributed by atoms with Crippen molar-refractivity contribution in [1.82, 2.24) is 14.5 Å². The number of methoxy groups -OCH3 is 1. The van der Waals surface area contributed by atoms with Crippen LogP contribution in [0.2, 0.25) is 0 Å². The fraction of sp³-hybridized carbons (Fsp3) is 0.0769. The number of thioether (sulfide) groups is 1. The van der Waals surface area contributed by atoms with Crippen LogP contribution >= 0.6 is 11.8 Å². The molecule has 3 aromatic carbocycles. The van der Waals surface area contributed by atoms with Crippen molar-refractivity contribution < 1.29 is 13.5 Å². The summed E-state index contributed by atoms with van der Waals surface area (Å²) in [5.41, 5.74) is 3.44. The average Bonchev–Trinajstić information content (AvgIpc) is 3.30. The second kappa shape index (κ2) is 9.15. The highest BCUT2D eigenvalue weighted by Gasteiger charge is 2.20. The van der Waals surface area contributed by atoms with Gasteiger partial charge in [0.25, 0.3) is 5.56 Å². The molecule has 5 nitrogen and oxygen atoms in total. The third-order valence-corrected chi connectivity index (χ3v) is 6.44. The number of hydrogen-bond acceptors (Lipinski definition) is 4. The van der Waals surface area contributed by atoms with Gasteiger partial charge in [0.15, 0.2) is 16.8 Å². The molecule has 0 aliphatic heterocycles. The summed E-state index contributed by atoms with van der Waals surface area (Å²) in [4.78, 5) is 21.6. The largest absolute Gasteiger partial charge is 0.495 e. The van der Waals surface area contributed by atoms with Gasteiger partial charge in [0, 0.05) is 17.5 Å². The number of aromatic amines is 1. The molecule has 0 amide bonds. The SMILES string of the molecule is COc1ccccc1-n1c(SCc2ccc(F)c(F)c2)nc2c(-c3ccccc3)c[nH]c2c1=O. The molecule has 5 rings (SSSR count). The first-order valence-electron chi connectivity index (χ1n) is 10.5. The number of benzene rings is 3. The van der Waals surface area contributed by atoms with Crippen LogP contribution in [-0.4, -0.2) is 21.6 Å². The zero-order valence-corrected chi connectivity index (χ0v) is 18.9. The van der Waals surface area contributed by atoms with Crippen molar-refractivity contribution in [2.45, 2.75) is 10.9 Å². The van der Waals surface area contributed by atoms with Crippen LogP contribution in [0.5, 0.6) is 5.75 Å². The molecule has 0 atom stereocenters. The van der Waals surface area contributed by atoms with E-state index in [1.807, 2.05) is 42.5 Å². The molecule has 0 saturated heterocycles. The van der Waals surface area contributed by atoms with E-state index in [0.29, 0.717) is 33.2 Å². The first-order chi connectivity index (χ1) is 16.6. The predicted molar refractivity (Wildman–Crippen MR) is 130 cm³/mol. The monoisotopic (exact) mass is 475 g/mol. The van der Waals surface area contributed by atoms with Crippen molar-refractivity contribution >= 4 is 22.8 Å². The standard InChI is InChI=1S/C26H19F2N3O2S/c1-33-22-10-6-5-9-21(22)31-25(32)24-23(18(14-29-24)17-7-3-2-4-8-17)30-26(31)34-15-16-11-12-19(27)20(28)13-16/h2-14,29H,15H2,1H3. The Morgan fingerprint density at radius 1 is 1.00 bits per heavy atom. The van der Waals surface area contributed by atoms with Gasteiger partial charge in [-0.3, -0.25) is 4.79 Å². The lowest BCUT2D eigenvalue weighted by Gasteiger charge is -2.15. The number of fused-ring (bicyclic) bond motifs is 1. The Bertz CT molecular complexity index is 1550. The van der Waals surface area contributed by atoms with Crippen molar-refractivity contribution in [1.29, 1.82) is 0 Å². The quantitative estimate of drug-likeness (QED) is 0.243. The van der Waals surface area contributed by atoms with E-state index in [1.165, 1.54) is 29.5 Å². The Morgan fingerprint density at radius 2 is 1.76 bits per heavy atom. The van der Waals surface area contributed by atoms with E-state index >= 15 is 0 Å². The molecule has 0 saturated carbocycles. The molecule has 1 N–H and O–H groups in total. The lowest BCUT2D eigenvalue weighted by atomic mass is 10.1. The minimum absolute atomic E-state index is 0.287. The highest BCUT2D eigenvalue weighted by molar-refractivity contribution is 7.98. The number of nitrogens with zero attached hydrogens (tertiary/aromatic N) is 2. The number of rotatable bonds is 6. The van der Waals surface area contributed by atoms with Gasteiger partial charge >= 0.3 is 0 Å². The number of nitrogens with one attached hydrogen (secondary N) is 1. The predicted octanol–water partition coefficient (Wildman–Crippen LogP) is 5.96. The summed E-state index contributed by atoms with van der Waals surface area (Å²) in [5, 5.41) is 0.406. The van der Waals surface area contributed by atoms with E-state index in [2.05, 4.69) is 4.98 Å². The van der Waals surface area contributed by atoms with Crippen molar-refractivity contribution in [3.05, 3.63) is 107 Å². The number of aromatic nitrogens is 3. The van der Waals surface area contributed by atoms with E-state index in [0.717, 1.165) is 23.3 Å². The number of H-pyrrole nitrogens is 1. The maximum atomic E-state index is 13.7. The van der Waals surface area contributed by atoms with E-state index < -0.39 is 11.6 Å². The van der Waals surface area contributed by atoms with Gasteiger partial charge in [-0.15, -0.1) is 0 Å². The second-order valence-corrected chi connectivity index (χ2v) is 8.48. The molecular formula is C26H19F2N3O2S. The van der Waals surface area contributed by atoms with Crippen LogP contribution in [0.1, 0.15) is 5.56 Å². The normalized spacial score (nSPS) is 11.1. The molecule has 5 aromatic rings. The highest BCUT2D eigenvalue weighted by atomic mass is 32.2. The van der Waals surface area contributed by atoms with Gasteiger partial charge in [0.1, 0.15) is 16.8 Å². The Labute approximate surface area is 198 Å². The first-order valence-corrected chi connectivity index (χ1v) is 11.4. The zero-order chi connectivity index (χ0) is 23.7. The van der Waals surface area contributed by atoms with Crippen molar-refractivity contribution in [3.8, 4) is 22.6 Å². The van der Waals surface area contributed by atoms with Crippen molar-refractivity contribution in [3.63, 3.8) is 0 Å². The summed E-state index contributed by atoms with van der Waals surface area (Å²) in [6, 6.07) is 20.6. The van der Waals surface area contributed by atoms with E-state index in [4.69, 9.17) is 9.72 Å². The van der Waals surface area contributed by atoms with E-state index in [9.17, 15) is 13.6 Å². The van der Waals surface area contributed by atoms with Gasteiger partial charge < -0.3 is 9.72 Å². The van der Waals surface area contributed by atoms with E-state index in [1.54, 1.807) is 18.3 Å². The van der Waals surface area contributed by atoms with Crippen molar-refractivity contribution in [2.24, 2.45) is 0 Å². The number of hydrogen-bond donors (Lipinski definition) is 1. The van der Waals surface area contributed by atoms with Crippen LogP contribution in [0.25, 0.3) is 27.8 Å². The summed E-state index contributed by atoms with van der Waals surface area (Å²) in [7, 11) is 1.53. The van der Waals surface area contributed by atoms with Crippen molar-refractivity contribution in [2.75, 3.05) is 7.11 Å². The van der Waals surface area contributed by atoms with Crippen LogP contribution in [0.4, 0.5) is 8.78 Å². The van der Waals surface area contributed by atoms with E-state index in [-0.39, 0.29) is 11.3 Å². The summed E-state index contributed by atoms with van der Waals surface area (Å²) >= 11 is 1.26. The summed E-state index contributed by atoms with van der Waals surface area (Å²) in [6.07, 6.45) is 1.77. The van der Waals surface area contributed by atoms with Crippen LogP contribution in [0.15, 0.2) is 88.9 Å². The van der Waals surface area contributed by atoms with Gasteiger partial charge in [-0.1, -0.05) is 60.3 Å². The highest BCUT2D eigenvalue weighted by Crippen LogP contribution is 2.32. The lowest BCUT2D eigenvalue weighted by Crippen LogP contribution is -2.22.